The van der Waals surface area contributed by atoms with E-state index in [-0.39, 0.29) is 0 Å². The van der Waals surface area contributed by atoms with Gasteiger partial charge in [0, 0.05) is 26.7 Å². The van der Waals surface area contributed by atoms with Crippen LogP contribution in [0.5, 0.6) is 0 Å². The Labute approximate surface area is 301 Å². The predicted molar refractivity (Wildman–Crippen MR) is 208 cm³/mol. The van der Waals surface area contributed by atoms with E-state index in [9.17, 15) is 0 Å². The molecule has 0 spiro atoms. The molecule has 0 saturated carbocycles. The molecular formula is C45H29Cl2N3. The lowest BCUT2D eigenvalue weighted by atomic mass is 9.98. The molecule has 0 N–H and O–H groups in total. The van der Waals surface area contributed by atoms with Gasteiger partial charge in [0.05, 0.1) is 0 Å². The van der Waals surface area contributed by atoms with Gasteiger partial charge in [0.2, 0.25) is 0 Å². The van der Waals surface area contributed by atoms with E-state index in [1.165, 1.54) is 11.1 Å². The highest BCUT2D eigenvalue weighted by atomic mass is 35.5. The molecule has 5 heteroatoms. The average molecular weight is 683 g/mol. The zero-order chi connectivity index (χ0) is 33.9. The van der Waals surface area contributed by atoms with Gasteiger partial charge >= 0.3 is 0 Å². The van der Waals surface area contributed by atoms with Gasteiger partial charge in [-0.15, -0.1) is 0 Å². The van der Waals surface area contributed by atoms with Gasteiger partial charge < -0.3 is 0 Å². The molecule has 8 aromatic rings. The van der Waals surface area contributed by atoms with Gasteiger partial charge in [0.1, 0.15) is 0 Å². The molecule has 0 saturated heterocycles. The standard InChI is InChI=1S/C45H29Cl2N3/c46-41-26-37(34-20-16-32(17-21-34)30-10-4-1-5-11-30)24-39(28-41)44-48-43(36-14-8-3-9-15-36)49-45(50-44)40-25-38(27-42(47)29-40)35-22-18-33(19-23-35)31-12-6-2-7-13-31/h1-29H. The Hall–Kier alpha value is -5.87. The third-order valence-corrected chi connectivity index (χ3v) is 9.07. The minimum absolute atomic E-state index is 0.521. The van der Waals surface area contributed by atoms with E-state index in [4.69, 9.17) is 38.2 Å². The molecule has 50 heavy (non-hydrogen) atoms. The maximum Gasteiger partial charge on any atom is 0.164 e. The molecule has 0 unspecified atom stereocenters. The smallest absolute Gasteiger partial charge is 0.164 e. The molecule has 0 radical (unpaired) electrons. The van der Waals surface area contributed by atoms with E-state index < -0.39 is 0 Å². The van der Waals surface area contributed by atoms with Crippen LogP contribution in [0.25, 0.3) is 78.7 Å². The summed E-state index contributed by atoms with van der Waals surface area (Å²) >= 11 is 13.5. The fourth-order valence-electron chi connectivity index (χ4n) is 6.09. The van der Waals surface area contributed by atoms with Crippen molar-refractivity contribution in [3.05, 3.63) is 186 Å². The molecule has 0 fully saturated rings. The van der Waals surface area contributed by atoms with Gasteiger partial charge in [-0.3, -0.25) is 0 Å². The first-order chi connectivity index (χ1) is 24.6. The Balaban J connectivity index is 1.20. The number of hydrogen-bond acceptors (Lipinski definition) is 3. The third-order valence-electron chi connectivity index (χ3n) is 8.63. The van der Waals surface area contributed by atoms with E-state index in [2.05, 4.69) is 84.9 Å². The Morgan fingerprint density at radius 1 is 0.240 bits per heavy atom. The second kappa shape index (κ2) is 13.9. The highest BCUT2D eigenvalue weighted by Gasteiger charge is 2.16. The highest BCUT2D eigenvalue weighted by Crippen LogP contribution is 2.34. The fourth-order valence-corrected chi connectivity index (χ4v) is 6.56. The molecule has 7 aromatic carbocycles. The summed E-state index contributed by atoms with van der Waals surface area (Å²) in [5, 5.41) is 1.19. The van der Waals surface area contributed by atoms with E-state index in [1.807, 2.05) is 91.0 Å². The van der Waals surface area contributed by atoms with E-state index in [1.54, 1.807) is 0 Å². The molecule has 0 bridgehead atoms. The summed E-state index contributed by atoms with van der Waals surface area (Å²) in [4.78, 5) is 14.9. The van der Waals surface area contributed by atoms with Gasteiger partial charge in [0.15, 0.2) is 17.5 Å². The number of hydrogen-bond donors (Lipinski definition) is 0. The van der Waals surface area contributed by atoms with Crippen molar-refractivity contribution in [1.29, 1.82) is 0 Å². The van der Waals surface area contributed by atoms with Crippen LogP contribution >= 0.6 is 23.2 Å². The molecule has 3 nitrogen and oxygen atoms in total. The van der Waals surface area contributed by atoms with Crippen LogP contribution in [-0.4, -0.2) is 15.0 Å². The van der Waals surface area contributed by atoms with Crippen LogP contribution in [0, 0.1) is 0 Å². The van der Waals surface area contributed by atoms with Crippen molar-refractivity contribution >= 4 is 23.2 Å². The molecule has 0 aliphatic heterocycles. The van der Waals surface area contributed by atoms with Crippen molar-refractivity contribution in [2.24, 2.45) is 0 Å². The topological polar surface area (TPSA) is 38.7 Å². The van der Waals surface area contributed by atoms with Crippen LogP contribution < -0.4 is 0 Å². The first-order valence-corrected chi connectivity index (χ1v) is 17.1. The maximum absolute atomic E-state index is 6.76. The van der Waals surface area contributed by atoms with Gasteiger partial charge in [-0.1, -0.05) is 163 Å². The van der Waals surface area contributed by atoms with Gasteiger partial charge in [-0.05, 0) is 80.9 Å². The SMILES string of the molecule is Clc1cc(-c2ccc(-c3ccccc3)cc2)cc(-c2nc(-c3ccccc3)nc(-c3cc(Cl)cc(-c4ccc(-c5ccccc5)cc4)c3)n2)c1. The Bertz CT molecular complexity index is 2260. The van der Waals surface area contributed by atoms with Crippen molar-refractivity contribution in [2.75, 3.05) is 0 Å². The van der Waals surface area contributed by atoms with E-state index >= 15 is 0 Å². The number of halogens is 2. The molecule has 1 heterocycles. The van der Waals surface area contributed by atoms with Crippen LogP contribution in [0.1, 0.15) is 0 Å². The minimum atomic E-state index is 0.521. The van der Waals surface area contributed by atoms with Crippen LogP contribution in [-0.2, 0) is 0 Å². The zero-order valence-corrected chi connectivity index (χ0v) is 28.4. The third kappa shape index (κ3) is 6.83. The van der Waals surface area contributed by atoms with Crippen molar-refractivity contribution in [3.63, 3.8) is 0 Å². The summed E-state index contributed by atoms with van der Waals surface area (Å²) in [6, 6.07) is 59.5. The number of aromatic nitrogens is 3. The lowest BCUT2D eigenvalue weighted by Gasteiger charge is -2.12. The Morgan fingerprint density at radius 3 is 0.860 bits per heavy atom. The van der Waals surface area contributed by atoms with Crippen molar-refractivity contribution in [2.45, 2.75) is 0 Å². The van der Waals surface area contributed by atoms with Crippen LogP contribution in [0.3, 0.4) is 0 Å². The normalized spacial score (nSPS) is 11.0. The number of benzene rings is 7. The largest absolute Gasteiger partial charge is 0.208 e. The lowest BCUT2D eigenvalue weighted by molar-refractivity contribution is 1.07. The summed E-state index contributed by atoms with van der Waals surface area (Å²) in [7, 11) is 0. The molecular weight excluding hydrogens is 653 g/mol. The average Bonchev–Trinajstić information content (AvgIpc) is 3.18. The lowest BCUT2D eigenvalue weighted by Crippen LogP contribution is -2.00. The summed E-state index contributed by atoms with van der Waals surface area (Å²) in [6.45, 7) is 0. The predicted octanol–water partition coefficient (Wildman–Crippen LogP) is 12.8. The van der Waals surface area contributed by atoms with Crippen LogP contribution in [0.15, 0.2) is 176 Å². The second-order valence-electron chi connectivity index (χ2n) is 12.0. The van der Waals surface area contributed by atoms with Crippen molar-refractivity contribution in [3.8, 4) is 78.7 Å². The molecule has 0 atom stereocenters. The first-order valence-electron chi connectivity index (χ1n) is 16.3. The second-order valence-corrected chi connectivity index (χ2v) is 12.9. The van der Waals surface area contributed by atoms with Crippen LogP contribution in [0.2, 0.25) is 10.0 Å². The zero-order valence-electron chi connectivity index (χ0n) is 26.8. The monoisotopic (exact) mass is 681 g/mol. The van der Waals surface area contributed by atoms with Crippen molar-refractivity contribution < 1.29 is 0 Å². The molecule has 8 rings (SSSR count). The molecule has 1 aromatic heterocycles. The molecule has 0 aliphatic carbocycles. The molecule has 0 aliphatic rings. The summed E-state index contributed by atoms with van der Waals surface area (Å²) in [5.41, 5.74) is 11.1. The summed E-state index contributed by atoms with van der Waals surface area (Å²) in [6.07, 6.45) is 0. The number of nitrogens with zero attached hydrogens (tertiary/aromatic N) is 3. The molecule has 0 amide bonds. The molecule has 238 valence electrons. The Kier molecular flexibility index (Phi) is 8.75. The fraction of sp³-hybridized carbons (Fsp3) is 0. The maximum atomic E-state index is 6.76. The van der Waals surface area contributed by atoms with Crippen LogP contribution in [0.4, 0.5) is 0 Å². The summed E-state index contributed by atoms with van der Waals surface area (Å²) < 4.78 is 0. The Morgan fingerprint density at radius 2 is 0.500 bits per heavy atom. The quantitative estimate of drug-likeness (QED) is 0.168. The van der Waals surface area contributed by atoms with Gasteiger partial charge in [-0.2, -0.15) is 0 Å². The highest BCUT2D eigenvalue weighted by molar-refractivity contribution is 6.31. The summed E-state index contributed by atoms with van der Waals surface area (Å²) in [5.74, 6) is 1.60. The van der Waals surface area contributed by atoms with Crippen molar-refractivity contribution in [1.82, 2.24) is 15.0 Å². The van der Waals surface area contributed by atoms with E-state index in [0.29, 0.717) is 27.5 Å². The van der Waals surface area contributed by atoms with Gasteiger partial charge in [0.25, 0.3) is 0 Å². The minimum Gasteiger partial charge on any atom is -0.208 e. The van der Waals surface area contributed by atoms with E-state index in [0.717, 1.165) is 50.1 Å². The van der Waals surface area contributed by atoms with Gasteiger partial charge in [-0.25, -0.2) is 15.0 Å². The number of rotatable bonds is 7. The first kappa shape index (κ1) is 31.4.